The molecule has 40 heavy (non-hydrogen) atoms. The van der Waals surface area contributed by atoms with Crippen LogP contribution in [0.5, 0.6) is 0 Å². The molecule has 18 heteroatoms. The van der Waals surface area contributed by atoms with Crippen LogP contribution < -0.4 is 28.4 Å². The Hall–Kier alpha value is -3.41. The zero-order valence-corrected chi connectivity index (χ0v) is 22.1. The zero-order chi connectivity index (χ0) is 29.3. The molecule has 1 aliphatic heterocycles. The molecule has 1 aromatic carbocycles. The molecule has 10 N–H and O–H groups in total. The Morgan fingerprint density at radius 1 is 1.25 bits per heavy atom. The van der Waals surface area contributed by atoms with Gasteiger partial charge in [-0.2, -0.15) is 9.61 Å². The van der Waals surface area contributed by atoms with Crippen LogP contribution in [-0.4, -0.2) is 74.1 Å². The molecule has 0 saturated carbocycles. The minimum absolute atomic E-state index is 0.0503. The number of anilines is 1. The highest BCUT2D eigenvalue weighted by atomic mass is 31.2. The van der Waals surface area contributed by atoms with Crippen LogP contribution in [0.4, 0.5) is 5.82 Å². The first-order valence-corrected chi connectivity index (χ1v) is 13.5. The van der Waals surface area contributed by atoms with Gasteiger partial charge in [-0.05, 0) is 24.5 Å². The average molecular weight is 586 g/mol. The van der Waals surface area contributed by atoms with Gasteiger partial charge >= 0.3 is 19.5 Å². The highest BCUT2D eigenvalue weighted by Crippen LogP contribution is 2.43. The second kappa shape index (κ2) is 14.3. The van der Waals surface area contributed by atoms with Crippen molar-refractivity contribution in [3.63, 3.8) is 0 Å². The van der Waals surface area contributed by atoms with Gasteiger partial charge in [0.25, 0.3) is 0 Å². The molecule has 1 fully saturated rings. The fourth-order valence-electron chi connectivity index (χ4n) is 3.51. The lowest BCUT2D eigenvalue weighted by Crippen LogP contribution is -2.36. The van der Waals surface area contributed by atoms with E-state index < -0.39 is 56.7 Å². The van der Waals surface area contributed by atoms with Gasteiger partial charge in [0.15, 0.2) is 6.23 Å². The van der Waals surface area contributed by atoms with Crippen molar-refractivity contribution in [3.05, 3.63) is 58.6 Å². The average Bonchev–Trinajstić information content (AvgIpc) is 3.21. The highest BCUT2D eigenvalue weighted by Gasteiger charge is 2.45. The summed E-state index contributed by atoms with van der Waals surface area (Å²) in [7, 11) is -4.78. The Kier molecular flexibility index (Phi) is 11.1. The molecule has 1 aliphatic rings. The molecule has 0 amide bonds. The number of nitrogen functional groups attached to an aromatic ring is 1. The molecule has 220 valence electrons. The molecule has 17 nitrogen and oxygen atoms in total. The summed E-state index contributed by atoms with van der Waals surface area (Å²) < 4.78 is 33.0. The maximum absolute atomic E-state index is 12.2. The Morgan fingerprint density at radius 2 is 1.98 bits per heavy atom. The first-order valence-electron chi connectivity index (χ1n) is 12.0. The SMILES string of the molecule is NC(=NCCCC(N)C(=O)OCc1ccccc1)NOP(=O)(O)OC[C@H]1O[C@@H](n2ccc(N)nc2=O)[C@H](O)[C@@H]1O. The number of hydrogen-bond donors (Lipinski definition) is 7. The first kappa shape index (κ1) is 31.1. The highest BCUT2D eigenvalue weighted by molar-refractivity contribution is 7.47. The van der Waals surface area contributed by atoms with Gasteiger partial charge in [-0.25, -0.2) is 14.8 Å². The number of esters is 1. The van der Waals surface area contributed by atoms with Gasteiger partial charge in [-0.1, -0.05) is 30.3 Å². The second-order valence-electron chi connectivity index (χ2n) is 8.66. The Balaban J connectivity index is 1.37. The number of hydroxylamine groups is 1. The Morgan fingerprint density at radius 3 is 2.67 bits per heavy atom. The molecule has 2 aromatic rings. The number of aliphatic hydroxyl groups excluding tert-OH is 2. The largest absolute Gasteiger partial charge is 0.493 e. The second-order valence-corrected chi connectivity index (χ2v) is 10.0. The molecule has 1 saturated heterocycles. The van der Waals surface area contributed by atoms with Gasteiger partial charge in [0.05, 0.1) is 6.61 Å². The summed E-state index contributed by atoms with van der Waals surface area (Å²) in [5.74, 6) is -0.973. The minimum Gasteiger partial charge on any atom is -0.460 e. The van der Waals surface area contributed by atoms with E-state index >= 15 is 0 Å². The number of carbonyl (C=O) groups is 1. The minimum atomic E-state index is -4.78. The number of benzene rings is 1. The van der Waals surface area contributed by atoms with E-state index in [1.165, 1.54) is 12.3 Å². The van der Waals surface area contributed by atoms with Crippen molar-refractivity contribution in [1.82, 2.24) is 15.0 Å². The molecule has 3 rings (SSSR count). The number of phosphoric ester groups is 1. The van der Waals surface area contributed by atoms with E-state index in [0.29, 0.717) is 6.42 Å². The number of rotatable bonds is 13. The predicted octanol–water partition coefficient (Wildman–Crippen LogP) is -1.75. The molecular formula is C22H32N7O10P. The van der Waals surface area contributed by atoms with Crippen LogP contribution in [-0.2, 0) is 34.6 Å². The quantitative estimate of drug-likeness (QED) is 0.0343. The number of hydrogen-bond acceptors (Lipinski definition) is 13. The van der Waals surface area contributed by atoms with Gasteiger partial charge < -0.3 is 41.8 Å². The number of aliphatic imine (C=N–C) groups is 1. The number of nitrogens with one attached hydrogen (secondary N) is 1. The van der Waals surface area contributed by atoms with E-state index in [9.17, 15) is 29.3 Å². The molecule has 6 atom stereocenters. The number of aromatic nitrogens is 2. The normalized spacial score (nSPS) is 23.4. The molecule has 2 heterocycles. The van der Waals surface area contributed by atoms with Crippen LogP contribution in [0.25, 0.3) is 0 Å². The van der Waals surface area contributed by atoms with Crippen molar-refractivity contribution in [3.8, 4) is 0 Å². The van der Waals surface area contributed by atoms with Gasteiger partial charge in [0.2, 0.25) is 5.96 Å². The number of guanidine groups is 1. The summed E-state index contributed by atoms with van der Waals surface area (Å²) in [5, 5.41) is 20.4. The lowest BCUT2D eigenvalue weighted by atomic mass is 10.1. The summed E-state index contributed by atoms with van der Waals surface area (Å²) in [6, 6.07) is 9.56. The lowest BCUT2D eigenvalue weighted by molar-refractivity contribution is -0.146. The van der Waals surface area contributed by atoms with Crippen LogP contribution in [0, 0.1) is 0 Å². The van der Waals surface area contributed by atoms with Crippen LogP contribution in [0.2, 0.25) is 0 Å². The van der Waals surface area contributed by atoms with E-state index in [1.54, 1.807) is 0 Å². The smallest absolute Gasteiger partial charge is 0.460 e. The third-order valence-electron chi connectivity index (χ3n) is 5.61. The summed E-state index contributed by atoms with van der Waals surface area (Å²) in [4.78, 5) is 41.2. The summed E-state index contributed by atoms with van der Waals surface area (Å²) in [6.45, 7) is -0.480. The summed E-state index contributed by atoms with van der Waals surface area (Å²) >= 11 is 0. The van der Waals surface area contributed by atoms with Crippen molar-refractivity contribution in [1.29, 1.82) is 0 Å². The van der Waals surface area contributed by atoms with Gasteiger partial charge in [-0.3, -0.25) is 18.9 Å². The maximum Gasteiger partial charge on any atom is 0.493 e. The number of phosphoric acid groups is 1. The molecule has 0 aliphatic carbocycles. The van der Waals surface area contributed by atoms with Crippen molar-refractivity contribution in [2.75, 3.05) is 18.9 Å². The van der Waals surface area contributed by atoms with Gasteiger partial charge in [0.1, 0.15) is 36.8 Å². The number of carbonyl (C=O) groups excluding carboxylic acids is 1. The van der Waals surface area contributed by atoms with Gasteiger partial charge in [-0.15, -0.1) is 0 Å². The van der Waals surface area contributed by atoms with E-state index in [2.05, 4.69) is 14.6 Å². The number of ether oxygens (including phenoxy) is 2. The standard InChI is InChI=1S/C22H32N7O10P/c23-14(20(32)36-11-13-5-2-1-3-6-13)7-4-9-26-21(25)28-39-40(34,35)37-12-15-17(30)18(31)19(38-15)29-10-8-16(24)27-22(29)33/h1-3,5-6,8,10,14-15,17-19,30-31H,4,7,9,11-12,23H2,(H,34,35)(H2,24,27,33)(H3,25,26,28)/t14?,15-,17-,18-,19-/m1/s1. The molecule has 0 spiro atoms. The van der Waals surface area contributed by atoms with Crippen molar-refractivity contribution in [2.24, 2.45) is 16.5 Å². The van der Waals surface area contributed by atoms with E-state index in [0.717, 1.165) is 10.1 Å². The third kappa shape index (κ3) is 9.07. The Labute approximate surface area is 228 Å². The summed E-state index contributed by atoms with van der Waals surface area (Å²) in [5.41, 5.74) is 18.8. The Bertz CT molecular complexity index is 1260. The lowest BCUT2D eigenvalue weighted by Gasteiger charge is -2.17. The van der Waals surface area contributed by atoms with E-state index in [1.807, 2.05) is 35.8 Å². The molecule has 2 unspecified atom stereocenters. The molecule has 1 aromatic heterocycles. The number of aliphatic hydroxyl groups is 2. The fraction of sp³-hybridized carbons (Fsp3) is 0.455. The topological polar surface area (TPSA) is 269 Å². The first-order chi connectivity index (χ1) is 19.0. The fourth-order valence-corrected chi connectivity index (χ4v) is 4.11. The van der Waals surface area contributed by atoms with E-state index in [4.69, 9.17) is 31.2 Å². The van der Waals surface area contributed by atoms with Crippen molar-refractivity contribution < 1.29 is 43.1 Å². The van der Waals surface area contributed by atoms with Gasteiger partial charge in [0, 0.05) is 12.7 Å². The van der Waals surface area contributed by atoms with Crippen molar-refractivity contribution >= 4 is 25.6 Å². The van der Waals surface area contributed by atoms with E-state index in [-0.39, 0.29) is 31.3 Å². The van der Waals surface area contributed by atoms with Crippen LogP contribution in [0.15, 0.2) is 52.4 Å². The van der Waals surface area contributed by atoms with Crippen LogP contribution in [0.1, 0.15) is 24.6 Å². The zero-order valence-electron chi connectivity index (χ0n) is 21.2. The predicted molar refractivity (Wildman–Crippen MR) is 139 cm³/mol. The summed E-state index contributed by atoms with van der Waals surface area (Å²) in [6.07, 6.45) is -3.98. The molecular weight excluding hydrogens is 553 g/mol. The molecule has 0 bridgehead atoms. The third-order valence-corrected chi connectivity index (χ3v) is 6.41. The molecule has 0 radical (unpaired) electrons. The van der Waals surface area contributed by atoms with Crippen molar-refractivity contribution in [2.45, 2.75) is 50.0 Å². The van der Waals surface area contributed by atoms with Crippen LogP contribution >= 0.6 is 7.82 Å². The number of nitrogens with two attached hydrogens (primary N) is 3. The maximum atomic E-state index is 12.2. The van der Waals surface area contributed by atoms with Crippen LogP contribution in [0.3, 0.4) is 0 Å². The monoisotopic (exact) mass is 585 g/mol. The number of nitrogens with zero attached hydrogens (tertiary/aromatic N) is 3.